The van der Waals surface area contributed by atoms with Crippen molar-refractivity contribution >= 4 is 27.8 Å². The fourth-order valence-electron chi connectivity index (χ4n) is 1.54. The van der Waals surface area contributed by atoms with Crippen molar-refractivity contribution in [1.82, 2.24) is 5.32 Å². The van der Waals surface area contributed by atoms with E-state index in [2.05, 4.69) is 21.2 Å². The highest BCUT2D eigenvalue weighted by Gasteiger charge is 2.24. The summed E-state index contributed by atoms with van der Waals surface area (Å²) >= 11 is 3.36. The lowest BCUT2D eigenvalue weighted by molar-refractivity contribution is -0.138. The minimum absolute atomic E-state index is 0.119. The Balaban J connectivity index is 2.82. The molecule has 0 spiro atoms. The number of aliphatic carboxylic acids is 1. The van der Waals surface area contributed by atoms with Crippen LogP contribution in [0.4, 0.5) is 0 Å². The molecule has 1 rings (SSSR count). The molecule has 1 aromatic rings. The van der Waals surface area contributed by atoms with Crippen molar-refractivity contribution in [3.05, 3.63) is 33.8 Å². The molecule has 0 aromatic heterocycles. The highest BCUT2D eigenvalue weighted by atomic mass is 79.9. The van der Waals surface area contributed by atoms with E-state index in [0.29, 0.717) is 5.56 Å². The number of nitrogens with one attached hydrogen (secondary N) is 1. The molecular formula is C13H16BrNO3. The van der Waals surface area contributed by atoms with Gasteiger partial charge >= 0.3 is 5.97 Å². The Bertz CT molecular complexity index is 483. The van der Waals surface area contributed by atoms with Crippen molar-refractivity contribution in [2.75, 3.05) is 0 Å². The third-order valence-corrected chi connectivity index (χ3v) is 3.33. The largest absolute Gasteiger partial charge is 0.481 e. The summed E-state index contributed by atoms with van der Waals surface area (Å²) in [5.74, 6) is -1.22. The number of hydrogen-bond donors (Lipinski definition) is 2. The van der Waals surface area contributed by atoms with Crippen LogP contribution in [-0.2, 0) is 4.79 Å². The van der Waals surface area contributed by atoms with E-state index in [1.165, 1.54) is 0 Å². The molecule has 0 radical (unpaired) electrons. The van der Waals surface area contributed by atoms with E-state index in [9.17, 15) is 9.59 Å². The van der Waals surface area contributed by atoms with Crippen LogP contribution in [0.1, 0.15) is 36.2 Å². The zero-order chi connectivity index (χ0) is 13.9. The fourth-order valence-corrected chi connectivity index (χ4v) is 1.91. The fraction of sp³-hybridized carbons (Fsp3) is 0.385. The first kappa shape index (κ1) is 14.7. The van der Waals surface area contributed by atoms with Crippen molar-refractivity contribution in [2.45, 2.75) is 32.7 Å². The molecule has 0 saturated carbocycles. The summed E-state index contributed by atoms with van der Waals surface area (Å²) in [6.45, 7) is 5.30. The van der Waals surface area contributed by atoms with Crippen molar-refractivity contribution in [1.29, 1.82) is 0 Å². The molecule has 1 aromatic carbocycles. The predicted molar refractivity (Wildman–Crippen MR) is 72.7 cm³/mol. The van der Waals surface area contributed by atoms with Crippen molar-refractivity contribution < 1.29 is 14.7 Å². The summed E-state index contributed by atoms with van der Waals surface area (Å²) in [4.78, 5) is 22.7. The van der Waals surface area contributed by atoms with E-state index in [0.717, 1.165) is 10.0 Å². The standard InChI is InChI=1S/C13H16BrNO3/c1-8-4-5-9(6-10(8)14)12(18)15-13(2,3)7-11(16)17/h4-6H,7H2,1-3H3,(H,15,18)(H,16,17). The number of carboxylic acid groups (broad SMARTS) is 1. The van der Waals surface area contributed by atoms with Gasteiger partial charge in [0.05, 0.1) is 6.42 Å². The van der Waals surface area contributed by atoms with Gasteiger partial charge in [-0.1, -0.05) is 22.0 Å². The first-order valence-electron chi connectivity index (χ1n) is 5.52. The van der Waals surface area contributed by atoms with Crippen LogP contribution in [0.3, 0.4) is 0 Å². The molecule has 5 heteroatoms. The molecule has 0 saturated heterocycles. The summed E-state index contributed by atoms with van der Waals surface area (Å²) in [5.41, 5.74) is 0.766. The molecular weight excluding hydrogens is 298 g/mol. The monoisotopic (exact) mass is 313 g/mol. The van der Waals surface area contributed by atoms with Gasteiger partial charge in [0.25, 0.3) is 5.91 Å². The Labute approximate surface area is 115 Å². The van der Waals surface area contributed by atoms with Gasteiger partial charge in [-0.05, 0) is 38.5 Å². The molecule has 18 heavy (non-hydrogen) atoms. The van der Waals surface area contributed by atoms with Crippen LogP contribution in [-0.4, -0.2) is 22.5 Å². The molecule has 2 N–H and O–H groups in total. The summed E-state index contributed by atoms with van der Waals surface area (Å²) in [7, 11) is 0. The van der Waals surface area contributed by atoms with Crippen LogP contribution in [0.5, 0.6) is 0 Å². The summed E-state index contributed by atoms with van der Waals surface area (Å²) in [5, 5.41) is 11.5. The first-order chi connectivity index (χ1) is 8.21. The smallest absolute Gasteiger partial charge is 0.305 e. The lowest BCUT2D eigenvalue weighted by Crippen LogP contribution is -2.44. The number of halogens is 1. The number of carbonyl (C=O) groups excluding carboxylic acids is 1. The zero-order valence-electron chi connectivity index (χ0n) is 10.6. The molecule has 0 aliphatic heterocycles. The lowest BCUT2D eigenvalue weighted by Gasteiger charge is -2.24. The van der Waals surface area contributed by atoms with Gasteiger partial charge in [-0.2, -0.15) is 0 Å². The summed E-state index contributed by atoms with van der Waals surface area (Å²) in [6, 6.07) is 5.27. The Morgan fingerprint density at radius 3 is 2.50 bits per heavy atom. The topological polar surface area (TPSA) is 66.4 Å². The molecule has 1 amide bonds. The van der Waals surface area contributed by atoms with Gasteiger partial charge in [0.1, 0.15) is 0 Å². The molecule has 0 fully saturated rings. The van der Waals surface area contributed by atoms with E-state index in [-0.39, 0.29) is 12.3 Å². The van der Waals surface area contributed by atoms with Gasteiger partial charge in [-0.25, -0.2) is 0 Å². The minimum Gasteiger partial charge on any atom is -0.481 e. The van der Waals surface area contributed by atoms with Crippen LogP contribution in [0, 0.1) is 6.92 Å². The lowest BCUT2D eigenvalue weighted by atomic mass is 10.00. The van der Waals surface area contributed by atoms with Gasteiger partial charge in [-0.15, -0.1) is 0 Å². The molecule has 0 aliphatic carbocycles. The minimum atomic E-state index is -0.939. The van der Waals surface area contributed by atoms with Crippen LogP contribution < -0.4 is 5.32 Å². The molecule has 0 bridgehead atoms. The predicted octanol–water partition coefficient (Wildman–Crippen LogP) is 2.74. The average molecular weight is 314 g/mol. The first-order valence-corrected chi connectivity index (χ1v) is 6.31. The van der Waals surface area contributed by atoms with Crippen LogP contribution >= 0.6 is 15.9 Å². The highest BCUT2D eigenvalue weighted by Crippen LogP contribution is 2.18. The molecule has 0 heterocycles. The van der Waals surface area contributed by atoms with Gasteiger partial charge in [0.15, 0.2) is 0 Å². The van der Waals surface area contributed by atoms with E-state index in [1.54, 1.807) is 26.0 Å². The number of amides is 1. The Morgan fingerprint density at radius 1 is 1.39 bits per heavy atom. The maximum atomic E-state index is 12.0. The van der Waals surface area contributed by atoms with Gasteiger partial charge in [0, 0.05) is 15.6 Å². The van der Waals surface area contributed by atoms with E-state index in [1.807, 2.05) is 13.0 Å². The SMILES string of the molecule is Cc1ccc(C(=O)NC(C)(C)CC(=O)O)cc1Br. The van der Waals surface area contributed by atoms with Crippen LogP contribution in [0.25, 0.3) is 0 Å². The molecule has 0 aliphatic rings. The highest BCUT2D eigenvalue weighted by molar-refractivity contribution is 9.10. The third-order valence-electron chi connectivity index (χ3n) is 2.48. The summed E-state index contributed by atoms with van der Waals surface area (Å²) in [6.07, 6.45) is -0.119. The van der Waals surface area contributed by atoms with Gasteiger partial charge in [-0.3, -0.25) is 9.59 Å². The molecule has 98 valence electrons. The Morgan fingerprint density at radius 2 is 2.00 bits per heavy atom. The average Bonchev–Trinajstić information content (AvgIpc) is 2.19. The van der Waals surface area contributed by atoms with Crippen molar-refractivity contribution in [2.24, 2.45) is 0 Å². The maximum absolute atomic E-state index is 12.0. The van der Waals surface area contributed by atoms with Crippen molar-refractivity contribution in [3.63, 3.8) is 0 Å². The molecule has 4 nitrogen and oxygen atoms in total. The van der Waals surface area contributed by atoms with Gasteiger partial charge in [0.2, 0.25) is 0 Å². The molecule has 0 atom stereocenters. The van der Waals surface area contributed by atoms with E-state index >= 15 is 0 Å². The Kier molecular flexibility index (Phi) is 4.51. The second-order valence-corrected chi connectivity index (χ2v) is 5.73. The normalized spacial score (nSPS) is 11.1. The van der Waals surface area contributed by atoms with E-state index < -0.39 is 11.5 Å². The number of benzene rings is 1. The molecule has 0 unspecified atom stereocenters. The van der Waals surface area contributed by atoms with Gasteiger partial charge < -0.3 is 10.4 Å². The Hall–Kier alpha value is -1.36. The third kappa shape index (κ3) is 4.14. The number of aryl methyl sites for hydroxylation is 1. The second kappa shape index (κ2) is 5.52. The van der Waals surface area contributed by atoms with Crippen LogP contribution in [0.2, 0.25) is 0 Å². The quantitative estimate of drug-likeness (QED) is 0.898. The number of rotatable bonds is 4. The maximum Gasteiger partial charge on any atom is 0.305 e. The number of hydrogen-bond acceptors (Lipinski definition) is 2. The summed E-state index contributed by atoms with van der Waals surface area (Å²) < 4.78 is 0.853. The number of carbonyl (C=O) groups is 2. The second-order valence-electron chi connectivity index (χ2n) is 4.87. The van der Waals surface area contributed by atoms with Crippen LogP contribution in [0.15, 0.2) is 22.7 Å². The van der Waals surface area contributed by atoms with E-state index in [4.69, 9.17) is 5.11 Å². The van der Waals surface area contributed by atoms with Crippen molar-refractivity contribution in [3.8, 4) is 0 Å². The zero-order valence-corrected chi connectivity index (χ0v) is 12.2. The number of carboxylic acids is 1.